The van der Waals surface area contributed by atoms with Gasteiger partial charge < -0.3 is 16.4 Å². The lowest BCUT2D eigenvalue weighted by Gasteiger charge is -2.22. The third-order valence-electron chi connectivity index (χ3n) is 4.21. The van der Waals surface area contributed by atoms with Crippen molar-refractivity contribution in [2.24, 2.45) is 5.73 Å². The Morgan fingerprint density at radius 3 is 2.50 bits per heavy atom. The van der Waals surface area contributed by atoms with Crippen LogP contribution >= 0.6 is 0 Å². The van der Waals surface area contributed by atoms with E-state index in [1.807, 2.05) is 45.7 Å². The quantitative estimate of drug-likeness (QED) is 0.783. The number of nitrogens with zero attached hydrogens (tertiary/aromatic N) is 1. The summed E-state index contributed by atoms with van der Waals surface area (Å²) in [6.45, 7) is 8.36. The molecule has 6 heteroatoms. The predicted octanol–water partition coefficient (Wildman–Crippen LogP) is 1.49. The van der Waals surface area contributed by atoms with Crippen LogP contribution < -0.4 is 16.4 Å². The molecule has 0 bridgehead atoms. The van der Waals surface area contributed by atoms with Crippen molar-refractivity contribution in [3.05, 3.63) is 29.3 Å². The second-order valence-corrected chi connectivity index (χ2v) is 7.62. The van der Waals surface area contributed by atoms with Crippen molar-refractivity contribution in [2.75, 3.05) is 18.9 Å². The van der Waals surface area contributed by atoms with Gasteiger partial charge in [0.25, 0.3) is 5.91 Å². The van der Waals surface area contributed by atoms with E-state index in [1.54, 1.807) is 12.1 Å². The molecule has 1 saturated heterocycles. The number of nitrogens with one attached hydrogen (secondary N) is 2. The van der Waals surface area contributed by atoms with Crippen LogP contribution in [0.4, 0.5) is 5.69 Å². The topological polar surface area (TPSA) is 87.5 Å². The molecule has 132 valence electrons. The Morgan fingerprint density at radius 2 is 1.96 bits per heavy atom. The lowest BCUT2D eigenvalue weighted by Crippen LogP contribution is -2.41. The minimum absolute atomic E-state index is 0.0238. The van der Waals surface area contributed by atoms with E-state index in [0.717, 1.165) is 5.56 Å². The Kier molecular flexibility index (Phi) is 5.30. The van der Waals surface area contributed by atoms with Crippen LogP contribution in [0.15, 0.2) is 18.2 Å². The molecule has 1 aliphatic rings. The summed E-state index contributed by atoms with van der Waals surface area (Å²) < 4.78 is 0. The Bertz CT molecular complexity index is 636. The molecule has 1 heterocycles. The third kappa shape index (κ3) is 4.33. The van der Waals surface area contributed by atoms with Gasteiger partial charge in [0, 0.05) is 29.4 Å². The van der Waals surface area contributed by atoms with Gasteiger partial charge in [-0.1, -0.05) is 6.07 Å². The van der Waals surface area contributed by atoms with Crippen LogP contribution in [0.1, 0.15) is 43.1 Å². The summed E-state index contributed by atoms with van der Waals surface area (Å²) in [5.74, 6) is -0.224. The number of carbonyl (C=O) groups is 2. The smallest absolute Gasteiger partial charge is 0.252 e. The average Bonchev–Trinajstić information content (AvgIpc) is 2.78. The minimum atomic E-state index is -0.314. The van der Waals surface area contributed by atoms with Gasteiger partial charge in [0.1, 0.15) is 0 Å². The highest BCUT2D eigenvalue weighted by Crippen LogP contribution is 2.22. The summed E-state index contributed by atoms with van der Waals surface area (Å²) in [6, 6.07) is 5.16. The first-order valence-electron chi connectivity index (χ1n) is 8.27. The fourth-order valence-electron chi connectivity index (χ4n) is 2.99. The van der Waals surface area contributed by atoms with Gasteiger partial charge in [-0.05, 0) is 58.9 Å². The highest BCUT2D eigenvalue weighted by Gasteiger charge is 2.32. The second-order valence-electron chi connectivity index (χ2n) is 7.62. The number of amides is 2. The van der Waals surface area contributed by atoms with Crippen molar-refractivity contribution in [3.8, 4) is 0 Å². The molecule has 1 aliphatic heterocycles. The highest BCUT2D eigenvalue weighted by atomic mass is 16.2. The maximum Gasteiger partial charge on any atom is 0.252 e. The molecule has 1 fully saturated rings. The van der Waals surface area contributed by atoms with Crippen LogP contribution in [0.3, 0.4) is 0 Å². The van der Waals surface area contributed by atoms with E-state index in [-0.39, 0.29) is 29.4 Å². The van der Waals surface area contributed by atoms with E-state index in [9.17, 15) is 9.59 Å². The largest absolute Gasteiger partial charge is 0.347 e. The molecular weight excluding hydrogens is 304 g/mol. The molecule has 1 aromatic rings. The van der Waals surface area contributed by atoms with E-state index >= 15 is 0 Å². The van der Waals surface area contributed by atoms with Crippen molar-refractivity contribution >= 4 is 17.5 Å². The van der Waals surface area contributed by atoms with E-state index in [0.29, 0.717) is 24.2 Å². The molecule has 4 N–H and O–H groups in total. The van der Waals surface area contributed by atoms with E-state index in [2.05, 4.69) is 10.6 Å². The van der Waals surface area contributed by atoms with Crippen LogP contribution in [0.2, 0.25) is 0 Å². The molecule has 0 saturated carbocycles. The number of nitrogens with two attached hydrogens (primary N) is 1. The van der Waals surface area contributed by atoms with Gasteiger partial charge in [0.15, 0.2) is 0 Å². The van der Waals surface area contributed by atoms with Gasteiger partial charge in [0.05, 0.1) is 6.04 Å². The number of benzene rings is 1. The molecule has 2 amide bonds. The Labute approximate surface area is 143 Å². The van der Waals surface area contributed by atoms with Crippen LogP contribution in [0.25, 0.3) is 0 Å². The first kappa shape index (κ1) is 18.4. The summed E-state index contributed by atoms with van der Waals surface area (Å²) in [4.78, 5) is 26.9. The molecule has 0 spiro atoms. The molecule has 6 nitrogen and oxygen atoms in total. The summed E-state index contributed by atoms with van der Waals surface area (Å²) >= 11 is 0. The normalized spacial score (nSPS) is 21.6. The summed E-state index contributed by atoms with van der Waals surface area (Å²) in [6.07, 6.45) is 0.644. The third-order valence-corrected chi connectivity index (χ3v) is 4.21. The Morgan fingerprint density at radius 1 is 1.29 bits per heavy atom. The van der Waals surface area contributed by atoms with Crippen molar-refractivity contribution in [1.82, 2.24) is 10.2 Å². The predicted molar refractivity (Wildman–Crippen MR) is 96.0 cm³/mol. The minimum Gasteiger partial charge on any atom is -0.347 e. The zero-order chi connectivity index (χ0) is 18.1. The number of rotatable bonds is 3. The van der Waals surface area contributed by atoms with Crippen molar-refractivity contribution in [1.29, 1.82) is 0 Å². The zero-order valence-electron chi connectivity index (χ0n) is 15.1. The number of likely N-dealkylation sites (tertiary alicyclic amines) is 1. The van der Waals surface area contributed by atoms with Crippen molar-refractivity contribution in [2.45, 2.75) is 51.7 Å². The molecule has 0 aliphatic carbocycles. The van der Waals surface area contributed by atoms with Gasteiger partial charge in [-0.15, -0.1) is 0 Å². The number of anilines is 1. The number of likely N-dealkylation sites (N-methyl/N-ethyl adjacent to an activating group) is 1. The lowest BCUT2D eigenvalue weighted by molar-refractivity contribution is -0.119. The number of carbonyl (C=O) groups excluding carboxylic acids is 2. The maximum atomic E-state index is 12.5. The SMILES string of the molecule is Cc1c(NC(=O)[C@@H]2C[C@H](N)CN2C)cccc1C(=O)NC(C)(C)C. The maximum absolute atomic E-state index is 12.5. The Balaban J connectivity index is 2.16. The first-order chi connectivity index (χ1) is 11.1. The van der Waals surface area contributed by atoms with E-state index in [1.165, 1.54) is 0 Å². The van der Waals surface area contributed by atoms with E-state index in [4.69, 9.17) is 5.73 Å². The monoisotopic (exact) mass is 332 g/mol. The number of hydrogen-bond donors (Lipinski definition) is 3. The van der Waals surface area contributed by atoms with Crippen molar-refractivity contribution in [3.63, 3.8) is 0 Å². The molecule has 1 aromatic carbocycles. The summed E-state index contributed by atoms with van der Waals surface area (Å²) in [5, 5.41) is 5.89. The van der Waals surface area contributed by atoms with Gasteiger partial charge in [-0.25, -0.2) is 0 Å². The van der Waals surface area contributed by atoms with Crippen molar-refractivity contribution < 1.29 is 9.59 Å². The van der Waals surface area contributed by atoms with Crippen LogP contribution in [-0.2, 0) is 4.79 Å². The van der Waals surface area contributed by atoms with Crippen LogP contribution in [-0.4, -0.2) is 47.9 Å². The van der Waals surface area contributed by atoms with Crippen LogP contribution in [0, 0.1) is 6.92 Å². The fraction of sp³-hybridized carbons (Fsp3) is 0.556. The highest BCUT2D eigenvalue weighted by molar-refractivity contribution is 6.00. The van der Waals surface area contributed by atoms with Gasteiger partial charge in [0.2, 0.25) is 5.91 Å². The van der Waals surface area contributed by atoms with Gasteiger partial charge >= 0.3 is 0 Å². The fourth-order valence-corrected chi connectivity index (χ4v) is 2.99. The Hall–Kier alpha value is -1.92. The molecular formula is C18H28N4O2. The standard InChI is InChI=1S/C18H28N4O2/c1-11-13(16(23)21-18(2,3)4)7-6-8-14(11)20-17(24)15-9-12(19)10-22(15)5/h6-8,12,15H,9-10,19H2,1-5H3,(H,20,24)(H,21,23)/t12-,15-/m0/s1. The molecule has 2 atom stereocenters. The van der Waals surface area contributed by atoms with E-state index < -0.39 is 0 Å². The van der Waals surface area contributed by atoms with Gasteiger partial charge in [-0.2, -0.15) is 0 Å². The molecule has 2 rings (SSSR count). The first-order valence-corrected chi connectivity index (χ1v) is 8.27. The average molecular weight is 332 g/mol. The van der Waals surface area contributed by atoms with Crippen LogP contribution in [0.5, 0.6) is 0 Å². The lowest BCUT2D eigenvalue weighted by atomic mass is 10.0. The molecule has 0 radical (unpaired) electrons. The molecule has 24 heavy (non-hydrogen) atoms. The number of hydrogen-bond acceptors (Lipinski definition) is 4. The molecule has 0 unspecified atom stereocenters. The zero-order valence-corrected chi connectivity index (χ0v) is 15.1. The molecule has 0 aromatic heterocycles. The second kappa shape index (κ2) is 6.91. The summed E-state index contributed by atoms with van der Waals surface area (Å²) in [5.41, 5.74) is 7.60. The van der Waals surface area contributed by atoms with Gasteiger partial charge in [-0.3, -0.25) is 14.5 Å². The summed E-state index contributed by atoms with van der Waals surface area (Å²) in [7, 11) is 1.90.